The summed E-state index contributed by atoms with van der Waals surface area (Å²) in [5.74, 6) is 0.652. The summed E-state index contributed by atoms with van der Waals surface area (Å²) in [5.41, 5.74) is -0.442. The van der Waals surface area contributed by atoms with Gasteiger partial charge in [0.2, 0.25) is 0 Å². The summed E-state index contributed by atoms with van der Waals surface area (Å²) in [6.45, 7) is 11.6. The van der Waals surface area contributed by atoms with Crippen molar-refractivity contribution in [1.82, 2.24) is 5.32 Å². The molecular weight excluding hydrogens is 206 g/mol. The lowest BCUT2D eigenvalue weighted by Crippen LogP contribution is -2.34. The Labute approximate surface area is 98.7 Å². The van der Waals surface area contributed by atoms with E-state index in [1.165, 1.54) is 0 Å². The van der Waals surface area contributed by atoms with E-state index in [0.717, 1.165) is 13.0 Å². The Morgan fingerprint density at radius 1 is 1.25 bits per heavy atom. The third-order valence-corrected chi connectivity index (χ3v) is 1.75. The standard InChI is InChI=1S/C12H25NO3/c1-10(2)6-8-15-9-7-13-11(14)16-12(3,4)5/h10H,6-9H2,1-5H3,(H,13,14). The molecule has 0 bridgehead atoms. The maximum Gasteiger partial charge on any atom is 0.407 e. The molecule has 0 aliphatic carbocycles. The summed E-state index contributed by atoms with van der Waals surface area (Å²) in [6, 6.07) is 0. The first-order chi connectivity index (χ1) is 7.31. The molecule has 0 spiro atoms. The van der Waals surface area contributed by atoms with Crippen LogP contribution in [-0.2, 0) is 9.47 Å². The molecule has 1 N–H and O–H groups in total. The minimum atomic E-state index is -0.442. The van der Waals surface area contributed by atoms with E-state index in [-0.39, 0.29) is 6.09 Å². The van der Waals surface area contributed by atoms with Gasteiger partial charge in [-0.1, -0.05) is 13.8 Å². The zero-order valence-electron chi connectivity index (χ0n) is 11.1. The predicted octanol–water partition coefficient (Wildman–Crippen LogP) is 2.57. The number of hydrogen-bond acceptors (Lipinski definition) is 3. The molecule has 0 rings (SSSR count). The molecule has 0 aliphatic heterocycles. The van der Waals surface area contributed by atoms with Gasteiger partial charge in [-0.2, -0.15) is 0 Å². The molecule has 0 aromatic rings. The van der Waals surface area contributed by atoms with E-state index in [1.807, 2.05) is 20.8 Å². The third kappa shape index (κ3) is 11.3. The van der Waals surface area contributed by atoms with Crippen LogP contribution in [0.3, 0.4) is 0 Å². The highest BCUT2D eigenvalue weighted by atomic mass is 16.6. The molecule has 0 aromatic carbocycles. The van der Waals surface area contributed by atoms with Crippen LogP contribution in [0.25, 0.3) is 0 Å². The van der Waals surface area contributed by atoms with Gasteiger partial charge in [0.25, 0.3) is 0 Å². The minimum Gasteiger partial charge on any atom is -0.444 e. The second kappa shape index (κ2) is 7.49. The summed E-state index contributed by atoms with van der Waals surface area (Å²) in [4.78, 5) is 11.2. The molecule has 0 atom stereocenters. The van der Waals surface area contributed by atoms with Crippen LogP contribution in [-0.4, -0.2) is 31.5 Å². The van der Waals surface area contributed by atoms with Crippen molar-refractivity contribution in [2.24, 2.45) is 5.92 Å². The lowest BCUT2D eigenvalue weighted by molar-refractivity contribution is 0.0496. The van der Waals surface area contributed by atoms with Gasteiger partial charge in [-0.25, -0.2) is 4.79 Å². The number of nitrogens with one attached hydrogen (secondary N) is 1. The van der Waals surface area contributed by atoms with Crippen LogP contribution in [0.1, 0.15) is 41.0 Å². The quantitative estimate of drug-likeness (QED) is 0.715. The summed E-state index contributed by atoms with van der Waals surface area (Å²) in [7, 11) is 0. The number of rotatable bonds is 6. The molecule has 4 nitrogen and oxygen atoms in total. The monoisotopic (exact) mass is 231 g/mol. The van der Waals surface area contributed by atoms with E-state index in [2.05, 4.69) is 19.2 Å². The summed E-state index contributed by atoms with van der Waals surface area (Å²) in [5, 5.41) is 2.64. The number of hydrogen-bond donors (Lipinski definition) is 1. The topological polar surface area (TPSA) is 47.6 Å². The van der Waals surface area contributed by atoms with E-state index in [0.29, 0.717) is 19.1 Å². The zero-order valence-corrected chi connectivity index (χ0v) is 11.1. The van der Waals surface area contributed by atoms with Crippen LogP contribution in [0.15, 0.2) is 0 Å². The summed E-state index contributed by atoms with van der Waals surface area (Å²) < 4.78 is 10.4. The van der Waals surface area contributed by atoms with Crippen LogP contribution in [0.5, 0.6) is 0 Å². The normalized spacial score (nSPS) is 11.6. The number of carbonyl (C=O) groups is 1. The number of alkyl carbamates (subject to hydrolysis) is 1. The maximum atomic E-state index is 11.2. The van der Waals surface area contributed by atoms with Gasteiger partial charge < -0.3 is 14.8 Å². The van der Waals surface area contributed by atoms with Crippen molar-refractivity contribution in [2.45, 2.75) is 46.6 Å². The second-order valence-electron chi connectivity index (χ2n) is 5.22. The van der Waals surface area contributed by atoms with Crippen molar-refractivity contribution in [3.05, 3.63) is 0 Å². The summed E-state index contributed by atoms with van der Waals surface area (Å²) >= 11 is 0. The van der Waals surface area contributed by atoms with E-state index in [4.69, 9.17) is 9.47 Å². The summed E-state index contributed by atoms with van der Waals surface area (Å²) in [6.07, 6.45) is 0.659. The lowest BCUT2D eigenvalue weighted by atomic mass is 10.1. The van der Waals surface area contributed by atoms with E-state index in [1.54, 1.807) is 0 Å². The molecule has 0 unspecified atom stereocenters. The van der Waals surface area contributed by atoms with Crippen molar-refractivity contribution in [3.63, 3.8) is 0 Å². The molecular formula is C12H25NO3. The van der Waals surface area contributed by atoms with Gasteiger partial charge in [-0.15, -0.1) is 0 Å². The molecule has 16 heavy (non-hydrogen) atoms. The fourth-order valence-electron chi connectivity index (χ4n) is 0.961. The molecule has 1 amide bonds. The molecule has 4 heteroatoms. The van der Waals surface area contributed by atoms with Crippen LogP contribution >= 0.6 is 0 Å². The Balaban J connectivity index is 3.35. The molecule has 0 saturated heterocycles. The fourth-order valence-corrected chi connectivity index (χ4v) is 0.961. The highest BCUT2D eigenvalue weighted by Gasteiger charge is 2.15. The van der Waals surface area contributed by atoms with Crippen LogP contribution in [0.4, 0.5) is 4.79 Å². The molecule has 0 saturated carbocycles. The fraction of sp³-hybridized carbons (Fsp3) is 0.917. The molecule has 0 heterocycles. The molecule has 0 radical (unpaired) electrons. The Hall–Kier alpha value is -0.770. The van der Waals surface area contributed by atoms with Crippen LogP contribution in [0.2, 0.25) is 0 Å². The van der Waals surface area contributed by atoms with Gasteiger partial charge in [0.1, 0.15) is 5.60 Å². The molecule has 0 aromatic heterocycles. The van der Waals surface area contributed by atoms with Gasteiger partial charge in [0.15, 0.2) is 0 Å². The third-order valence-electron chi connectivity index (χ3n) is 1.75. The first-order valence-corrected chi connectivity index (χ1v) is 5.86. The SMILES string of the molecule is CC(C)CCOCCNC(=O)OC(C)(C)C. The smallest absolute Gasteiger partial charge is 0.407 e. The first-order valence-electron chi connectivity index (χ1n) is 5.86. The van der Waals surface area contributed by atoms with E-state index >= 15 is 0 Å². The minimum absolute atomic E-state index is 0.389. The second-order valence-corrected chi connectivity index (χ2v) is 5.22. The number of ether oxygens (including phenoxy) is 2. The highest BCUT2D eigenvalue weighted by Crippen LogP contribution is 2.06. The lowest BCUT2D eigenvalue weighted by Gasteiger charge is -2.19. The van der Waals surface area contributed by atoms with Crippen molar-refractivity contribution in [2.75, 3.05) is 19.8 Å². The Morgan fingerprint density at radius 3 is 2.38 bits per heavy atom. The number of carbonyl (C=O) groups excluding carboxylic acids is 1. The predicted molar refractivity (Wildman–Crippen MR) is 64.5 cm³/mol. The largest absolute Gasteiger partial charge is 0.444 e. The number of amides is 1. The Bertz CT molecular complexity index is 197. The zero-order chi connectivity index (χ0) is 12.6. The van der Waals surface area contributed by atoms with Crippen LogP contribution in [0, 0.1) is 5.92 Å². The van der Waals surface area contributed by atoms with E-state index in [9.17, 15) is 4.79 Å². The van der Waals surface area contributed by atoms with Crippen molar-refractivity contribution >= 4 is 6.09 Å². The Kier molecular flexibility index (Phi) is 7.13. The van der Waals surface area contributed by atoms with Gasteiger partial charge in [0, 0.05) is 13.2 Å². The highest BCUT2D eigenvalue weighted by molar-refractivity contribution is 5.67. The van der Waals surface area contributed by atoms with Gasteiger partial charge in [0.05, 0.1) is 6.61 Å². The average molecular weight is 231 g/mol. The first kappa shape index (κ1) is 15.2. The van der Waals surface area contributed by atoms with Crippen molar-refractivity contribution < 1.29 is 14.3 Å². The van der Waals surface area contributed by atoms with E-state index < -0.39 is 5.60 Å². The van der Waals surface area contributed by atoms with Gasteiger partial charge >= 0.3 is 6.09 Å². The Morgan fingerprint density at radius 2 is 1.88 bits per heavy atom. The molecule has 0 fully saturated rings. The van der Waals surface area contributed by atoms with Gasteiger partial charge in [-0.3, -0.25) is 0 Å². The molecule has 0 aliphatic rings. The van der Waals surface area contributed by atoms with Crippen LogP contribution < -0.4 is 5.32 Å². The maximum absolute atomic E-state index is 11.2. The van der Waals surface area contributed by atoms with Crippen molar-refractivity contribution in [1.29, 1.82) is 0 Å². The van der Waals surface area contributed by atoms with Crippen molar-refractivity contribution in [3.8, 4) is 0 Å². The molecule has 96 valence electrons. The van der Waals surface area contributed by atoms with Gasteiger partial charge in [-0.05, 0) is 33.1 Å². The average Bonchev–Trinajstić information content (AvgIpc) is 2.07.